The van der Waals surface area contributed by atoms with Crippen molar-refractivity contribution < 1.29 is 18.0 Å². The predicted octanol–water partition coefficient (Wildman–Crippen LogP) is 3.55. The van der Waals surface area contributed by atoms with Gasteiger partial charge in [-0.25, -0.2) is 9.67 Å². The Morgan fingerprint density at radius 3 is 2.79 bits per heavy atom. The molecular weight excluding hydrogens is 369 g/mol. The van der Waals surface area contributed by atoms with Crippen molar-refractivity contribution in [2.75, 3.05) is 6.54 Å². The number of hydrogen-bond donors (Lipinski definition) is 1. The van der Waals surface area contributed by atoms with Gasteiger partial charge in [0, 0.05) is 12.7 Å². The lowest BCUT2D eigenvalue weighted by atomic mass is 10.0. The van der Waals surface area contributed by atoms with Gasteiger partial charge in [0.1, 0.15) is 0 Å². The molecule has 8 heteroatoms. The van der Waals surface area contributed by atoms with Crippen molar-refractivity contribution in [3.63, 3.8) is 0 Å². The Kier molecular flexibility index (Phi) is 4.62. The quantitative estimate of drug-likeness (QED) is 0.749. The number of amides is 1. The summed E-state index contributed by atoms with van der Waals surface area (Å²) in [5.74, 6) is 0.388. The van der Waals surface area contributed by atoms with Crippen LogP contribution in [0.5, 0.6) is 0 Å². The fraction of sp³-hybridized carbons (Fsp3) is 0.250. The highest BCUT2D eigenvalue weighted by Crippen LogP contribution is 2.30. The first-order valence-corrected chi connectivity index (χ1v) is 8.88. The number of halogens is 3. The minimum absolute atomic E-state index is 0.154. The van der Waals surface area contributed by atoms with E-state index < -0.39 is 11.7 Å². The number of alkyl halides is 3. The van der Waals surface area contributed by atoms with E-state index in [1.54, 1.807) is 29.1 Å². The first kappa shape index (κ1) is 18.2. The zero-order valence-corrected chi connectivity index (χ0v) is 14.8. The van der Waals surface area contributed by atoms with E-state index in [-0.39, 0.29) is 5.91 Å². The minimum atomic E-state index is -4.37. The third-order valence-corrected chi connectivity index (χ3v) is 4.68. The average molecular weight is 386 g/mol. The molecule has 0 saturated heterocycles. The predicted molar refractivity (Wildman–Crippen MR) is 96.3 cm³/mol. The van der Waals surface area contributed by atoms with Crippen LogP contribution in [0, 0.1) is 0 Å². The molecule has 1 amide bonds. The zero-order chi connectivity index (χ0) is 19.7. The maximum absolute atomic E-state index is 12.9. The van der Waals surface area contributed by atoms with Crippen LogP contribution in [-0.2, 0) is 19.0 Å². The molecule has 0 unspecified atom stereocenters. The minimum Gasteiger partial charge on any atom is -0.352 e. The van der Waals surface area contributed by atoms with Crippen LogP contribution in [0.1, 0.15) is 39.2 Å². The number of pyridine rings is 1. The van der Waals surface area contributed by atoms with Crippen LogP contribution in [0.4, 0.5) is 13.2 Å². The van der Waals surface area contributed by atoms with E-state index in [0.29, 0.717) is 36.3 Å². The van der Waals surface area contributed by atoms with Crippen LogP contribution in [0.2, 0.25) is 0 Å². The molecule has 28 heavy (non-hydrogen) atoms. The summed E-state index contributed by atoms with van der Waals surface area (Å²) >= 11 is 0. The van der Waals surface area contributed by atoms with Gasteiger partial charge in [-0.3, -0.25) is 4.79 Å². The molecule has 1 aromatic carbocycles. The van der Waals surface area contributed by atoms with E-state index in [9.17, 15) is 18.0 Å². The number of benzene rings is 1. The molecule has 3 aromatic rings. The lowest BCUT2D eigenvalue weighted by Gasteiger charge is -2.10. The van der Waals surface area contributed by atoms with E-state index in [1.807, 2.05) is 0 Å². The molecule has 1 aliphatic rings. The molecule has 0 bridgehead atoms. The maximum atomic E-state index is 12.9. The van der Waals surface area contributed by atoms with Gasteiger partial charge < -0.3 is 5.32 Å². The Hall–Kier alpha value is -3.16. The lowest BCUT2D eigenvalue weighted by molar-refractivity contribution is -0.137. The fourth-order valence-corrected chi connectivity index (χ4v) is 3.33. The molecular formula is C20H17F3N4O. The number of nitrogens with zero attached hydrogens (tertiary/aromatic N) is 3. The summed E-state index contributed by atoms with van der Waals surface area (Å²) in [4.78, 5) is 16.4. The molecule has 0 fully saturated rings. The van der Waals surface area contributed by atoms with Gasteiger partial charge in [-0.1, -0.05) is 18.2 Å². The van der Waals surface area contributed by atoms with Gasteiger partial charge in [0.05, 0.1) is 23.0 Å². The van der Waals surface area contributed by atoms with Crippen molar-refractivity contribution in [2.45, 2.75) is 25.4 Å². The van der Waals surface area contributed by atoms with Gasteiger partial charge in [-0.05, 0) is 48.6 Å². The topological polar surface area (TPSA) is 59.8 Å². The normalized spacial score (nSPS) is 14.3. The molecule has 1 N–H and O–H groups in total. The van der Waals surface area contributed by atoms with Gasteiger partial charge in [-0.2, -0.15) is 18.3 Å². The van der Waals surface area contributed by atoms with E-state index in [0.717, 1.165) is 29.8 Å². The third-order valence-electron chi connectivity index (χ3n) is 4.68. The molecule has 3 heterocycles. The summed E-state index contributed by atoms with van der Waals surface area (Å²) < 4.78 is 40.4. The Labute approximate surface area is 159 Å². The molecule has 0 radical (unpaired) electrons. The maximum Gasteiger partial charge on any atom is 0.416 e. The van der Waals surface area contributed by atoms with Crippen molar-refractivity contribution in [2.24, 2.45) is 0 Å². The largest absolute Gasteiger partial charge is 0.416 e. The molecule has 1 aliphatic heterocycles. The third kappa shape index (κ3) is 3.62. The summed E-state index contributed by atoms with van der Waals surface area (Å²) in [5, 5.41) is 7.12. The van der Waals surface area contributed by atoms with Crippen LogP contribution in [0.25, 0.3) is 5.82 Å². The van der Waals surface area contributed by atoms with Crippen LogP contribution in [0.3, 0.4) is 0 Å². The second-order valence-corrected chi connectivity index (χ2v) is 6.67. The number of hydrogen-bond acceptors (Lipinski definition) is 3. The number of aromatic nitrogens is 3. The first-order chi connectivity index (χ1) is 13.4. The SMILES string of the molecule is O=C1NCCCc2c1cnn2-c1cc(Cc2cccc(C(F)(F)F)c2)ccn1. The molecule has 5 nitrogen and oxygen atoms in total. The molecule has 0 atom stereocenters. The second kappa shape index (κ2) is 7.10. The van der Waals surface area contributed by atoms with Gasteiger partial charge in [0.25, 0.3) is 5.91 Å². The summed E-state index contributed by atoms with van der Waals surface area (Å²) in [5.41, 5.74) is 2.03. The van der Waals surface area contributed by atoms with Crippen molar-refractivity contribution >= 4 is 5.91 Å². The summed E-state index contributed by atoms with van der Waals surface area (Å²) in [6, 6.07) is 8.84. The summed E-state index contributed by atoms with van der Waals surface area (Å²) in [7, 11) is 0. The standard InChI is InChI=1S/C20H17F3N4O/c21-20(22,23)15-4-1-3-13(10-15)9-14-6-8-24-18(11-14)27-17-5-2-7-25-19(28)16(17)12-26-27/h1,3-4,6,8,10-12H,2,5,7,9H2,(H,25,28). The van der Waals surface area contributed by atoms with E-state index in [2.05, 4.69) is 15.4 Å². The van der Waals surface area contributed by atoms with Gasteiger partial charge in [0.15, 0.2) is 5.82 Å². The number of carbonyl (C=O) groups excluding carboxylic acids is 1. The van der Waals surface area contributed by atoms with Crippen molar-refractivity contribution in [1.29, 1.82) is 0 Å². The smallest absolute Gasteiger partial charge is 0.352 e. The molecule has 4 rings (SSSR count). The van der Waals surface area contributed by atoms with Crippen LogP contribution >= 0.6 is 0 Å². The lowest BCUT2D eigenvalue weighted by Crippen LogP contribution is -2.22. The Morgan fingerprint density at radius 1 is 1.14 bits per heavy atom. The summed E-state index contributed by atoms with van der Waals surface area (Å²) in [6.45, 7) is 0.608. The highest BCUT2D eigenvalue weighted by Gasteiger charge is 2.30. The number of rotatable bonds is 3. The first-order valence-electron chi connectivity index (χ1n) is 8.88. The number of fused-ring (bicyclic) bond motifs is 1. The van der Waals surface area contributed by atoms with Gasteiger partial charge in [0.2, 0.25) is 0 Å². The van der Waals surface area contributed by atoms with Gasteiger partial charge >= 0.3 is 6.18 Å². The van der Waals surface area contributed by atoms with Crippen molar-refractivity contribution in [3.8, 4) is 5.82 Å². The summed E-state index contributed by atoms with van der Waals surface area (Å²) in [6.07, 6.45) is 0.582. The zero-order valence-electron chi connectivity index (χ0n) is 14.8. The van der Waals surface area contributed by atoms with Crippen molar-refractivity contribution in [3.05, 3.63) is 76.7 Å². The number of carbonyl (C=O) groups is 1. The van der Waals surface area contributed by atoms with E-state index in [1.165, 1.54) is 12.3 Å². The Morgan fingerprint density at radius 2 is 1.96 bits per heavy atom. The monoisotopic (exact) mass is 386 g/mol. The highest BCUT2D eigenvalue weighted by molar-refractivity contribution is 5.95. The Balaban J connectivity index is 1.64. The Bertz CT molecular complexity index is 1030. The van der Waals surface area contributed by atoms with Crippen LogP contribution in [-0.4, -0.2) is 27.2 Å². The van der Waals surface area contributed by atoms with Crippen LogP contribution < -0.4 is 5.32 Å². The fourth-order valence-electron chi connectivity index (χ4n) is 3.33. The molecule has 2 aromatic heterocycles. The van der Waals surface area contributed by atoms with Crippen molar-refractivity contribution in [1.82, 2.24) is 20.1 Å². The van der Waals surface area contributed by atoms with E-state index >= 15 is 0 Å². The highest BCUT2D eigenvalue weighted by atomic mass is 19.4. The molecule has 0 saturated carbocycles. The number of nitrogens with one attached hydrogen (secondary N) is 1. The van der Waals surface area contributed by atoms with E-state index in [4.69, 9.17) is 0 Å². The van der Waals surface area contributed by atoms with Crippen LogP contribution in [0.15, 0.2) is 48.8 Å². The molecule has 0 spiro atoms. The molecule has 144 valence electrons. The molecule has 0 aliphatic carbocycles. The second-order valence-electron chi connectivity index (χ2n) is 6.67. The average Bonchev–Trinajstić information content (AvgIpc) is 3.00. The van der Waals surface area contributed by atoms with Gasteiger partial charge in [-0.15, -0.1) is 0 Å².